The van der Waals surface area contributed by atoms with Gasteiger partial charge in [-0.3, -0.25) is 14.5 Å². The minimum Gasteiger partial charge on any atom is -0.395 e. The lowest BCUT2D eigenvalue weighted by Crippen LogP contribution is -2.18. The smallest absolute Gasteiger partial charge is 0.276 e. The first-order valence-corrected chi connectivity index (χ1v) is 5.52. The molecule has 0 atom stereocenters. The SMILES string of the molecule is Cc1ncccc1NC(=O)c1c(N)c(C)nn1C. The minimum absolute atomic E-state index is 0.285. The second kappa shape index (κ2) is 4.48. The van der Waals surface area contributed by atoms with E-state index in [0.29, 0.717) is 22.8 Å². The quantitative estimate of drug-likeness (QED) is 0.834. The molecule has 0 aliphatic rings. The van der Waals surface area contributed by atoms with Crippen LogP contribution in [0.25, 0.3) is 0 Å². The van der Waals surface area contributed by atoms with Crippen molar-refractivity contribution < 1.29 is 4.79 Å². The number of aromatic nitrogens is 3. The van der Waals surface area contributed by atoms with E-state index in [1.807, 2.05) is 6.92 Å². The van der Waals surface area contributed by atoms with E-state index >= 15 is 0 Å². The number of anilines is 2. The van der Waals surface area contributed by atoms with Crippen LogP contribution in [0.1, 0.15) is 21.9 Å². The van der Waals surface area contributed by atoms with Crippen molar-refractivity contribution in [3.63, 3.8) is 0 Å². The lowest BCUT2D eigenvalue weighted by Gasteiger charge is -2.08. The maximum Gasteiger partial charge on any atom is 0.276 e. The lowest BCUT2D eigenvalue weighted by atomic mass is 10.2. The highest BCUT2D eigenvalue weighted by atomic mass is 16.2. The first-order chi connectivity index (χ1) is 8.50. The normalized spacial score (nSPS) is 10.4. The van der Waals surface area contributed by atoms with Gasteiger partial charge in [-0.15, -0.1) is 0 Å². The molecule has 2 heterocycles. The van der Waals surface area contributed by atoms with Crippen molar-refractivity contribution in [2.75, 3.05) is 11.1 Å². The molecule has 3 N–H and O–H groups in total. The maximum atomic E-state index is 12.1. The van der Waals surface area contributed by atoms with Crippen LogP contribution >= 0.6 is 0 Å². The molecular formula is C12H15N5O. The number of aryl methyl sites for hydroxylation is 3. The highest BCUT2D eigenvalue weighted by Gasteiger charge is 2.18. The molecule has 0 bridgehead atoms. The summed E-state index contributed by atoms with van der Waals surface area (Å²) in [5.74, 6) is -0.285. The molecule has 94 valence electrons. The number of nitrogens with two attached hydrogens (primary N) is 1. The number of nitrogens with zero attached hydrogens (tertiary/aromatic N) is 3. The third-order valence-corrected chi connectivity index (χ3v) is 2.74. The fraction of sp³-hybridized carbons (Fsp3) is 0.250. The highest BCUT2D eigenvalue weighted by molar-refractivity contribution is 6.06. The molecule has 0 saturated carbocycles. The van der Waals surface area contributed by atoms with Crippen LogP contribution in [0.2, 0.25) is 0 Å². The summed E-state index contributed by atoms with van der Waals surface area (Å²) in [4.78, 5) is 16.2. The van der Waals surface area contributed by atoms with Crippen molar-refractivity contribution in [2.24, 2.45) is 7.05 Å². The Kier molecular flexibility index (Phi) is 3.01. The molecule has 0 fully saturated rings. The van der Waals surface area contributed by atoms with Crippen molar-refractivity contribution in [3.05, 3.63) is 35.4 Å². The third-order valence-electron chi connectivity index (χ3n) is 2.74. The summed E-state index contributed by atoms with van der Waals surface area (Å²) in [6.45, 7) is 3.59. The molecule has 18 heavy (non-hydrogen) atoms. The van der Waals surface area contributed by atoms with Crippen LogP contribution < -0.4 is 11.1 Å². The Morgan fingerprint density at radius 1 is 1.39 bits per heavy atom. The molecule has 6 heteroatoms. The molecule has 0 saturated heterocycles. The number of carbonyl (C=O) groups excluding carboxylic acids is 1. The summed E-state index contributed by atoms with van der Waals surface area (Å²) in [6.07, 6.45) is 1.67. The maximum absolute atomic E-state index is 12.1. The summed E-state index contributed by atoms with van der Waals surface area (Å²) >= 11 is 0. The predicted molar refractivity (Wildman–Crippen MR) is 69.3 cm³/mol. The molecule has 0 unspecified atom stereocenters. The molecule has 0 aliphatic carbocycles. The highest BCUT2D eigenvalue weighted by Crippen LogP contribution is 2.18. The number of hydrogen-bond acceptors (Lipinski definition) is 4. The molecule has 0 spiro atoms. The number of nitrogen functional groups attached to an aromatic ring is 1. The van der Waals surface area contributed by atoms with E-state index in [1.54, 1.807) is 32.3 Å². The molecule has 6 nitrogen and oxygen atoms in total. The Balaban J connectivity index is 2.31. The van der Waals surface area contributed by atoms with E-state index in [1.165, 1.54) is 4.68 Å². The second-order valence-electron chi connectivity index (χ2n) is 4.06. The van der Waals surface area contributed by atoms with Gasteiger partial charge in [-0.2, -0.15) is 5.10 Å². The standard InChI is InChI=1S/C12H15N5O/c1-7-9(5-4-6-14-7)15-12(18)11-10(13)8(2)16-17(11)3/h4-6H,13H2,1-3H3,(H,15,18). The van der Waals surface area contributed by atoms with E-state index < -0.39 is 0 Å². The molecular weight excluding hydrogens is 230 g/mol. The average molecular weight is 245 g/mol. The summed E-state index contributed by atoms with van der Waals surface area (Å²) < 4.78 is 1.48. The number of carbonyl (C=O) groups is 1. The Hall–Kier alpha value is -2.37. The van der Waals surface area contributed by atoms with Gasteiger partial charge in [-0.1, -0.05) is 0 Å². The number of pyridine rings is 1. The van der Waals surface area contributed by atoms with Crippen LogP contribution in [0.5, 0.6) is 0 Å². The zero-order valence-corrected chi connectivity index (χ0v) is 10.6. The Bertz CT molecular complexity index is 603. The summed E-state index contributed by atoms with van der Waals surface area (Å²) in [7, 11) is 1.69. The Morgan fingerprint density at radius 2 is 2.11 bits per heavy atom. The van der Waals surface area contributed by atoms with Gasteiger partial charge < -0.3 is 11.1 Å². The van der Waals surface area contributed by atoms with E-state index in [-0.39, 0.29) is 5.91 Å². The zero-order valence-electron chi connectivity index (χ0n) is 10.6. The van der Waals surface area contributed by atoms with Gasteiger partial charge in [0.25, 0.3) is 5.91 Å². The van der Waals surface area contributed by atoms with Crippen molar-refractivity contribution in [3.8, 4) is 0 Å². The van der Waals surface area contributed by atoms with E-state index in [0.717, 1.165) is 5.69 Å². The van der Waals surface area contributed by atoms with Crippen molar-refractivity contribution in [1.29, 1.82) is 0 Å². The van der Waals surface area contributed by atoms with Gasteiger partial charge in [0.05, 0.1) is 22.8 Å². The largest absolute Gasteiger partial charge is 0.395 e. The average Bonchev–Trinajstić information content (AvgIpc) is 2.56. The topological polar surface area (TPSA) is 85.8 Å². The van der Waals surface area contributed by atoms with Crippen LogP contribution in [0.4, 0.5) is 11.4 Å². The van der Waals surface area contributed by atoms with E-state index in [4.69, 9.17) is 5.73 Å². The summed E-state index contributed by atoms with van der Waals surface area (Å²) in [5, 5.41) is 6.89. The van der Waals surface area contributed by atoms with Crippen LogP contribution in [0.15, 0.2) is 18.3 Å². The van der Waals surface area contributed by atoms with Crippen LogP contribution in [-0.4, -0.2) is 20.7 Å². The number of rotatable bonds is 2. The van der Waals surface area contributed by atoms with Gasteiger partial charge >= 0.3 is 0 Å². The van der Waals surface area contributed by atoms with Crippen molar-refractivity contribution in [1.82, 2.24) is 14.8 Å². The van der Waals surface area contributed by atoms with Gasteiger partial charge in [0.1, 0.15) is 5.69 Å². The molecule has 2 aromatic rings. The Labute approximate surface area is 105 Å². The molecule has 2 aromatic heterocycles. The van der Waals surface area contributed by atoms with Crippen molar-refractivity contribution in [2.45, 2.75) is 13.8 Å². The molecule has 1 amide bonds. The predicted octanol–water partition coefficient (Wildman–Crippen LogP) is 1.27. The fourth-order valence-corrected chi connectivity index (χ4v) is 1.74. The Morgan fingerprint density at radius 3 is 2.67 bits per heavy atom. The lowest BCUT2D eigenvalue weighted by molar-refractivity contribution is 0.101. The van der Waals surface area contributed by atoms with Gasteiger partial charge in [-0.05, 0) is 26.0 Å². The van der Waals surface area contributed by atoms with Gasteiger partial charge in [-0.25, -0.2) is 0 Å². The van der Waals surface area contributed by atoms with E-state index in [2.05, 4.69) is 15.4 Å². The van der Waals surface area contributed by atoms with Gasteiger partial charge in [0.2, 0.25) is 0 Å². The molecule has 0 aliphatic heterocycles. The third kappa shape index (κ3) is 2.04. The van der Waals surface area contributed by atoms with E-state index in [9.17, 15) is 4.79 Å². The molecule has 0 aromatic carbocycles. The molecule has 0 radical (unpaired) electrons. The first-order valence-electron chi connectivity index (χ1n) is 5.52. The van der Waals surface area contributed by atoms with Gasteiger partial charge in [0, 0.05) is 13.2 Å². The number of nitrogens with one attached hydrogen (secondary N) is 1. The number of amides is 1. The van der Waals surface area contributed by atoms with Crippen LogP contribution in [-0.2, 0) is 7.05 Å². The number of hydrogen-bond donors (Lipinski definition) is 2. The van der Waals surface area contributed by atoms with Crippen LogP contribution in [0.3, 0.4) is 0 Å². The van der Waals surface area contributed by atoms with Crippen LogP contribution in [0, 0.1) is 13.8 Å². The summed E-state index contributed by atoms with van der Waals surface area (Å²) in [5.41, 5.74) is 8.66. The zero-order chi connectivity index (χ0) is 13.3. The second-order valence-corrected chi connectivity index (χ2v) is 4.06. The molecule has 2 rings (SSSR count). The fourth-order valence-electron chi connectivity index (χ4n) is 1.74. The van der Waals surface area contributed by atoms with Crippen molar-refractivity contribution >= 4 is 17.3 Å². The summed E-state index contributed by atoms with van der Waals surface area (Å²) in [6, 6.07) is 3.56. The first kappa shape index (κ1) is 12.1. The monoisotopic (exact) mass is 245 g/mol. The minimum atomic E-state index is -0.285. The van der Waals surface area contributed by atoms with Gasteiger partial charge in [0.15, 0.2) is 0 Å².